The van der Waals surface area contributed by atoms with Gasteiger partial charge >= 0.3 is 0 Å². The molecule has 0 unspecified atom stereocenters. The SMILES string of the molecule is COc1ccc(CNC(=O)c2nc(-c3cncc(C)c3)cnc2C2CCCC2)nc1OC. The third-order valence-electron chi connectivity index (χ3n) is 5.65. The lowest BCUT2D eigenvalue weighted by atomic mass is 10.0. The van der Waals surface area contributed by atoms with Gasteiger partial charge in [0.2, 0.25) is 0 Å². The molecular weight excluding hydrogens is 406 g/mol. The van der Waals surface area contributed by atoms with Crippen molar-refractivity contribution in [2.24, 2.45) is 0 Å². The highest BCUT2D eigenvalue weighted by molar-refractivity contribution is 5.94. The maximum atomic E-state index is 13.2. The molecular formula is C24H27N5O3. The van der Waals surface area contributed by atoms with E-state index in [4.69, 9.17) is 14.5 Å². The molecule has 0 atom stereocenters. The first-order valence-electron chi connectivity index (χ1n) is 10.7. The Morgan fingerprint density at radius 2 is 1.91 bits per heavy atom. The summed E-state index contributed by atoms with van der Waals surface area (Å²) in [5.74, 6) is 0.904. The number of ether oxygens (including phenoxy) is 2. The quantitative estimate of drug-likeness (QED) is 0.604. The summed E-state index contributed by atoms with van der Waals surface area (Å²) in [5, 5.41) is 2.94. The second-order valence-electron chi connectivity index (χ2n) is 7.92. The van der Waals surface area contributed by atoms with Crippen molar-refractivity contribution < 1.29 is 14.3 Å². The highest BCUT2D eigenvalue weighted by atomic mass is 16.5. The summed E-state index contributed by atoms with van der Waals surface area (Å²) in [6.45, 7) is 2.21. The molecule has 8 nitrogen and oxygen atoms in total. The van der Waals surface area contributed by atoms with E-state index in [1.54, 1.807) is 37.8 Å². The fourth-order valence-electron chi connectivity index (χ4n) is 4.02. The van der Waals surface area contributed by atoms with Gasteiger partial charge in [0, 0.05) is 23.9 Å². The van der Waals surface area contributed by atoms with E-state index < -0.39 is 0 Å². The minimum atomic E-state index is -0.265. The number of rotatable bonds is 7. The number of nitrogens with one attached hydrogen (secondary N) is 1. The summed E-state index contributed by atoms with van der Waals surface area (Å²) >= 11 is 0. The molecule has 0 spiro atoms. The van der Waals surface area contributed by atoms with E-state index >= 15 is 0 Å². The molecule has 166 valence electrons. The summed E-state index contributed by atoms with van der Waals surface area (Å²) in [4.78, 5) is 31.3. The molecule has 4 rings (SSSR count). The molecule has 1 N–H and O–H groups in total. The lowest BCUT2D eigenvalue weighted by Crippen LogP contribution is -2.27. The van der Waals surface area contributed by atoms with Crippen LogP contribution >= 0.6 is 0 Å². The number of amides is 1. The average Bonchev–Trinajstić information content (AvgIpc) is 3.36. The maximum absolute atomic E-state index is 13.2. The van der Waals surface area contributed by atoms with Crippen molar-refractivity contribution >= 4 is 5.91 Å². The van der Waals surface area contributed by atoms with Gasteiger partial charge in [-0.15, -0.1) is 0 Å². The van der Waals surface area contributed by atoms with Crippen LogP contribution in [0.25, 0.3) is 11.3 Å². The predicted molar refractivity (Wildman–Crippen MR) is 120 cm³/mol. The van der Waals surface area contributed by atoms with E-state index in [0.717, 1.165) is 42.5 Å². The van der Waals surface area contributed by atoms with E-state index in [9.17, 15) is 4.79 Å². The Hall–Kier alpha value is -3.55. The van der Waals surface area contributed by atoms with Crippen LogP contribution in [0.3, 0.4) is 0 Å². The first-order chi connectivity index (χ1) is 15.6. The van der Waals surface area contributed by atoms with Crippen LogP contribution < -0.4 is 14.8 Å². The van der Waals surface area contributed by atoms with Gasteiger partial charge in [0.25, 0.3) is 11.8 Å². The molecule has 3 aromatic heterocycles. The fourth-order valence-corrected chi connectivity index (χ4v) is 4.02. The van der Waals surface area contributed by atoms with E-state index in [0.29, 0.717) is 28.7 Å². The van der Waals surface area contributed by atoms with Gasteiger partial charge in [-0.2, -0.15) is 0 Å². The Bertz CT molecular complexity index is 1110. The number of carbonyl (C=O) groups is 1. The van der Waals surface area contributed by atoms with Crippen molar-refractivity contribution in [2.75, 3.05) is 14.2 Å². The zero-order valence-corrected chi connectivity index (χ0v) is 18.6. The third-order valence-corrected chi connectivity index (χ3v) is 5.65. The standard InChI is InChI=1S/C24H27N5O3/c1-15-10-17(12-25-11-15)19-14-26-21(16-6-4-5-7-16)22(29-19)23(30)27-13-18-8-9-20(31-2)24(28-18)32-3/h8-12,14,16H,4-7,13H2,1-3H3,(H,27,30). The molecule has 8 heteroatoms. The summed E-state index contributed by atoms with van der Waals surface area (Å²) in [5.41, 5.74) is 4.30. The van der Waals surface area contributed by atoms with E-state index in [1.165, 1.54) is 7.11 Å². The van der Waals surface area contributed by atoms with E-state index in [1.807, 2.05) is 13.0 Å². The second-order valence-corrected chi connectivity index (χ2v) is 7.92. The first kappa shape index (κ1) is 21.7. The smallest absolute Gasteiger partial charge is 0.272 e. The molecule has 1 saturated carbocycles. The number of hydrogen-bond acceptors (Lipinski definition) is 7. The minimum absolute atomic E-state index is 0.237. The molecule has 32 heavy (non-hydrogen) atoms. The molecule has 1 aliphatic carbocycles. The summed E-state index contributed by atoms with van der Waals surface area (Å²) < 4.78 is 10.5. The highest BCUT2D eigenvalue weighted by Crippen LogP contribution is 2.35. The molecule has 0 saturated heterocycles. The molecule has 3 heterocycles. The van der Waals surface area contributed by atoms with Crippen molar-refractivity contribution in [3.05, 3.63) is 59.4 Å². The number of carbonyl (C=O) groups excluding carboxylic acids is 1. The second kappa shape index (κ2) is 9.72. The van der Waals surface area contributed by atoms with Crippen LogP contribution in [-0.4, -0.2) is 40.1 Å². The number of pyridine rings is 2. The summed E-state index contributed by atoms with van der Waals surface area (Å²) in [6, 6.07) is 5.55. The Labute approximate surface area is 187 Å². The topological polar surface area (TPSA) is 99.1 Å². The van der Waals surface area contributed by atoms with E-state index in [2.05, 4.69) is 20.3 Å². The largest absolute Gasteiger partial charge is 0.491 e. The number of hydrogen-bond donors (Lipinski definition) is 1. The maximum Gasteiger partial charge on any atom is 0.272 e. The molecule has 0 bridgehead atoms. The van der Waals surface area contributed by atoms with Crippen LogP contribution in [0.1, 0.15) is 59.0 Å². The monoisotopic (exact) mass is 433 g/mol. The number of aromatic nitrogens is 4. The van der Waals surface area contributed by atoms with Crippen LogP contribution in [0.15, 0.2) is 36.8 Å². The van der Waals surface area contributed by atoms with Gasteiger partial charge < -0.3 is 14.8 Å². The Morgan fingerprint density at radius 3 is 2.62 bits per heavy atom. The van der Waals surface area contributed by atoms with Gasteiger partial charge in [0.05, 0.1) is 44.0 Å². The third kappa shape index (κ3) is 4.69. The van der Waals surface area contributed by atoms with Gasteiger partial charge in [0.15, 0.2) is 11.4 Å². The van der Waals surface area contributed by atoms with Crippen LogP contribution in [-0.2, 0) is 6.54 Å². The van der Waals surface area contributed by atoms with Crippen LogP contribution in [0.2, 0.25) is 0 Å². The predicted octanol–water partition coefficient (Wildman–Crippen LogP) is 3.85. The normalized spacial score (nSPS) is 13.7. The average molecular weight is 434 g/mol. The summed E-state index contributed by atoms with van der Waals surface area (Å²) in [7, 11) is 3.09. The number of methoxy groups -OCH3 is 2. The fraction of sp³-hybridized carbons (Fsp3) is 0.375. The van der Waals surface area contributed by atoms with Crippen molar-refractivity contribution in [2.45, 2.75) is 45.1 Å². The molecule has 3 aromatic rings. The van der Waals surface area contributed by atoms with Crippen LogP contribution in [0.5, 0.6) is 11.6 Å². The highest BCUT2D eigenvalue weighted by Gasteiger charge is 2.26. The zero-order chi connectivity index (χ0) is 22.5. The Kier molecular flexibility index (Phi) is 6.58. The Morgan fingerprint density at radius 1 is 1.09 bits per heavy atom. The van der Waals surface area contributed by atoms with Gasteiger partial charge in [-0.05, 0) is 43.5 Å². The van der Waals surface area contributed by atoms with Crippen molar-refractivity contribution in [1.82, 2.24) is 25.3 Å². The minimum Gasteiger partial charge on any atom is -0.491 e. The molecule has 1 aliphatic rings. The van der Waals surface area contributed by atoms with Crippen LogP contribution in [0.4, 0.5) is 0 Å². The zero-order valence-electron chi connectivity index (χ0n) is 18.6. The van der Waals surface area contributed by atoms with Crippen molar-refractivity contribution in [3.8, 4) is 22.9 Å². The Balaban J connectivity index is 1.61. The number of nitrogens with zero attached hydrogens (tertiary/aromatic N) is 4. The molecule has 1 amide bonds. The lowest BCUT2D eigenvalue weighted by molar-refractivity contribution is 0.0943. The summed E-state index contributed by atoms with van der Waals surface area (Å²) in [6.07, 6.45) is 9.61. The first-order valence-corrected chi connectivity index (χ1v) is 10.7. The van der Waals surface area contributed by atoms with Gasteiger partial charge in [0.1, 0.15) is 0 Å². The van der Waals surface area contributed by atoms with Crippen molar-refractivity contribution in [3.63, 3.8) is 0 Å². The van der Waals surface area contributed by atoms with Gasteiger partial charge in [-0.3, -0.25) is 14.8 Å². The molecule has 0 aromatic carbocycles. The molecule has 1 fully saturated rings. The van der Waals surface area contributed by atoms with Gasteiger partial charge in [-0.1, -0.05) is 12.8 Å². The lowest BCUT2D eigenvalue weighted by Gasteiger charge is -2.15. The van der Waals surface area contributed by atoms with Gasteiger partial charge in [-0.25, -0.2) is 9.97 Å². The van der Waals surface area contributed by atoms with Crippen LogP contribution in [0, 0.1) is 6.92 Å². The molecule has 0 radical (unpaired) electrons. The van der Waals surface area contributed by atoms with Crippen molar-refractivity contribution in [1.29, 1.82) is 0 Å². The molecule has 0 aliphatic heterocycles. The van der Waals surface area contributed by atoms with E-state index in [-0.39, 0.29) is 18.4 Å². The number of aryl methyl sites for hydroxylation is 1.